The van der Waals surface area contributed by atoms with Gasteiger partial charge in [-0.1, -0.05) is 42.5 Å². The molecule has 0 spiro atoms. The molecule has 3 rings (SSSR count). The second kappa shape index (κ2) is 8.04. The molecule has 0 aliphatic rings. The van der Waals surface area contributed by atoms with Crippen molar-refractivity contribution in [2.45, 2.75) is 13.5 Å². The van der Waals surface area contributed by atoms with Crippen LogP contribution in [0.3, 0.4) is 0 Å². The smallest absolute Gasteiger partial charge is 0.355 e. The van der Waals surface area contributed by atoms with Crippen LogP contribution in [0.5, 0.6) is 5.75 Å². The molecule has 130 valence electrons. The van der Waals surface area contributed by atoms with Gasteiger partial charge in [-0.05, 0) is 30.2 Å². The van der Waals surface area contributed by atoms with Crippen molar-refractivity contribution >= 4 is 5.97 Å². The molecule has 1 heterocycles. The number of aromatic nitrogens is 1. The zero-order valence-corrected chi connectivity index (χ0v) is 14.4. The Kier molecular flexibility index (Phi) is 5.35. The van der Waals surface area contributed by atoms with Gasteiger partial charge < -0.3 is 14.5 Å². The standard InChI is InChI=1S/C21H18N2O3/c1-2-25-21(24)20-19(17(12-22)13-23-20)16-8-10-18(11-9-16)26-14-15-6-4-3-5-7-15/h3-11,13,23H,2,14H2,1H3. The molecular formula is C21H18N2O3. The molecule has 5 heteroatoms. The predicted molar refractivity (Wildman–Crippen MR) is 97.7 cm³/mol. The molecule has 0 fully saturated rings. The maximum Gasteiger partial charge on any atom is 0.355 e. The summed E-state index contributed by atoms with van der Waals surface area (Å²) in [5.74, 6) is 0.234. The van der Waals surface area contributed by atoms with E-state index < -0.39 is 5.97 Å². The summed E-state index contributed by atoms with van der Waals surface area (Å²) in [6, 6.07) is 19.3. The molecular weight excluding hydrogens is 328 g/mol. The molecule has 0 saturated heterocycles. The fourth-order valence-corrected chi connectivity index (χ4v) is 2.63. The maximum absolute atomic E-state index is 12.1. The zero-order valence-electron chi connectivity index (χ0n) is 14.4. The molecule has 3 aromatic rings. The van der Waals surface area contributed by atoms with Gasteiger partial charge in [0.25, 0.3) is 0 Å². The number of nitrogens with zero attached hydrogens (tertiary/aromatic N) is 1. The number of carbonyl (C=O) groups is 1. The van der Waals surface area contributed by atoms with E-state index in [0.717, 1.165) is 11.1 Å². The average molecular weight is 346 g/mol. The average Bonchev–Trinajstić information content (AvgIpc) is 3.12. The van der Waals surface area contributed by atoms with Crippen molar-refractivity contribution in [3.8, 4) is 22.9 Å². The Morgan fingerprint density at radius 3 is 2.50 bits per heavy atom. The van der Waals surface area contributed by atoms with Gasteiger partial charge in [0.2, 0.25) is 0 Å². The van der Waals surface area contributed by atoms with Crippen LogP contribution in [0.1, 0.15) is 28.5 Å². The number of hydrogen-bond acceptors (Lipinski definition) is 4. The van der Waals surface area contributed by atoms with Crippen LogP contribution in [0.4, 0.5) is 0 Å². The highest BCUT2D eigenvalue weighted by atomic mass is 16.5. The first-order valence-corrected chi connectivity index (χ1v) is 8.28. The van der Waals surface area contributed by atoms with E-state index in [9.17, 15) is 10.1 Å². The summed E-state index contributed by atoms with van der Waals surface area (Å²) in [6.45, 7) is 2.48. The third-order valence-corrected chi connectivity index (χ3v) is 3.87. The van der Waals surface area contributed by atoms with Crippen molar-refractivity contribution in [1.82, 2.24) is 4.98 Å². The van der Waals surface area contributed by atoms with Gasteiger partial charge in [-0.15, -0.1) is 0 Å². The van der Waals surface area contributed by atoms with E-state index in [1.54, 1.807) is 6.92 Å². The number of hydrogen-bond donors (Lipinski definition) is 1. The number of ether oxygens (including phenoxy) is 2. The SMILES string of the molecule is CCOC(=O)c1[nH]cc(C#N)c1-c1ccc(OCc2ccccc2)cc1. The van der Waals surface area contributed by atoms with Crippen LogP contribution >= 0.6 is 0 Å². The Morgan fingerprint density at radius 2 is 1.85 bits per heavy atom. The Morgan fingerprint density at radius 1 is 1.12 bits per heavy atom. The third-order valence-electron chi connectivity index (χ3n) is 3.87. The van der Waals surface area contributed by atoms with Gasteiger partial charge in [-0.25, -0.2) is 4.79 Å². The van der Waals surface area contributed by atoms with Gasteiger partial charge >= 0.3 is 5.97 Å². The summed E-state index contributed by atoms with van der Waals surface area (Å²) in [5.41, 5.74) is 3.05. The quantitative estimate of drug-likeness (QED) is 0.675. The number of carbonyl (C=O) groups excluding carboxylic acids is 1. The molecule has 5 nitrogen and oxygen atoms in total. The lowest BCUT2D eigenvalue weighted by atomic mass is 10.0. The van der Waals surface area contributed by atoms with E-state index in [-0.39, 0.29) is 12.3 Å². The summed E-state index contributed by atoms with van der Waals surface area (Å²) in [5, 5.41) is 9.32. The van der Waals surface area contributed by atoms with Gasteiger partial charge in [-0.3, -0.25) is 0 Å². The molecule has 26 heavy (non-hydrogen) atoms. The minimum Gasteiger partial charge on any atom is -0.489 e. The number of nitrogens with one attached hydrogen (secondary N) is 1. The number of nitriles is 1. The highest BCUT2D eigenvalue weighted by Crippen LogP contribution is 2.29. The van der Waals surface area contributed by atoms with Crippen LogP contribution in [-0.4, -0.2) is 17.6 Å². The summed E-state index contributed by atoms with van der Waals surface area (Å²) in [4.78, 5) is 14.9. The minimum atomic E-state index is -0.478. The first-order valence-electron chi connectivity index (χ1n) is 8.28. The van der Waals surface area contributed by atoms with Crippen LogP contribution in [-0.2, 0) is 11.3 Å². The fraction of sp³-hybridized carbons (Fsp3) is 0.143. The van der Waals surface area contributed by atoms with Crippen molar-refractivity contribution in [1.29, 1.82) is 5.26 Å². The second-order valence-corrected chi connectivity index (χ2v) is 5.58. The van der Waals surface area contributed by atoms with Crippen molar-refractivity contribution in [3.63, 3.8) is 0 Å². The molecule has 0 saturated carbocycles. The van der Waals surface area contributed by atoms with Crippen LogP contribution < -0.4 is 4.74 Å². The van der Waals surface area contributed by atoms with Gasteiger partial charge in [0.15, 0.2) is 0 Å². The molecule has 2 aromatic carbocycles. The Balaban J connectivity index is 1.81. The predicted octanol–water partition coefficient (Wildman–Crippen LogP) is 4.31. The topological polar surface area (TPSA) is 75.1 Å². The Labute approximate surface area is 151 Å². The molecule has 0 unspecified atom stereocenters. The lowest BCUT2D eigenvalue weighted by Gasteiger charge is -2.08. The molecule has 0 bridgehead atoms. The van der Waals surface area contributed by atoms with Crippen LogP contribution in [0.15, 0.2) is 60.8 Å². The summed E-state index contributed by atoms with van der Waals surface area (Å²) in [6.07, 6.45) is 1.52. The monoisotopic (exact) mass is 346 g/mol. The van der Waals surface area contributed by atoms with E-state index in [2.05, 4.69) is 11.1 Å². The van der Waals surface area contributed by atoms with Gasteiger partial charge in [-0.2, -0.15) is 5.26 Å². The van der Waals surface area contributed by atoms with E-state index in [0.29, 0.717) is 23.5 Å². The highest BCUT2D eigenvalue weighted by molar-refractivity contribution is 5.97. The van der Waals surface area contributed by atoms with E-state index in [1.807, 2.05) is 54.6 Å². The van der Waals surface area contributed by atoms with Crippen molar-refractivity contribution in [2.24, 2.45) is 0 Å². The maximum atomic E-state index is 12.1. The number of benzene rings is 2. The van der Waals surface area contributed by atoms with Gasteiger partial charge in [0.05, 0.1) is 12.2 Å². The summed E-state index contributed by atoms with van der Waals surface area (Å²) < 4.78 is 10.8. The fourth-order valence-electron chi connectivity index (χ4n) is 2.63. The lowest BCUT2D eigenvalue weighted by Crippen LogP contribution is -2.06. The number of rotatable bonds is 6. The zero-order chi connectivity index (χ0) is 18.4. The summed E-state index contributed by atoms with van der Waals surface area (Å²) >= 11 is 0. The van der Waals surface area contributed by atoms with Crippen molar-refractivity contribution in [2.75, 3.05) is 6.61 Å². The normalized spacial score (nSPS) is 10.2. The van der Waals surface area contributed by atoms with Crippen LogP contribution in [0, 0.1) is 11.3 Å². The van der Waals surface area contributed by atoms with Crippen LogP contribution in [0.2, 0.25) is 0 Å². The molecule has 1 aromatic heterocycles. The van der Waals surface area contributed by atoms with Crippen molar-refractivity contribution < 1.29 is 14.3 Å². The molecule has 0 atom stereocenters. The number of H-pyrrole nitrogens is 1. The third kappa shape index (κ3) is 3.76. The highest BCUT2D eigenvalue weighted by Gasteiger charge is 2.20. The molecule has 0 aliphatic heterocycles. The Hall–Kier alpha value is -3.52. The second-order valence-electron chi connectivity index (χ2n) is 5.58. The number of aromatic amines is 1. The molecule has 0 radical (unpaired) electrons. The largest absolute Gasteiger partial charge is 0.489 e. The first kappa shape index (κ1) is 17.3. The van der Waals surface area contributed by atoms with E-state index in [1.165, 1.54) is 6.20 Å². The lowest BCUT2D eigenvalue weighted by molar-refractivity contribution is 0.0521. The van der Waals surface area contributed by atoms with Gasteiger partial charge in [0, 0.05) is 11.8 Å². The van der Waals surface area contributed by atoms with Crippen LogP contribution in [0.25, 0.3) is 11.1 Å². The molecule has 1 N–H and O–H groups in total. The Bertz CT molecular complexity index is 922. The van der Waals surface area contributed by atoms with E-state index in [4.69, 9.17) is 9.47 Å². The van der Waals surface area contributed by atoms with Gasteiger partial charge in [0.1, 0.15) is 24.1 Å². The van der Waals surface area contributed by atoms with E-state index >= 15 is 0 Å². The number of esters is 1. The van der Waals surface area contributed by atoms with Crippen molar-refractivity contribution in [3.05, 3.63) is 77.6 Å². The molecule has 0 amide bonds. The first-order chi connectivity index (χ1) is 12.7. The molecule has 0 aliphatic carbocycles. The minimum absolute atomic E-state index is 0.269. The summed E-state index contributed by atoms with van der Waals surface area (Å²) in [7, 11) is 0.